The SMILES string of the molecule is CC1=Cc2c(Br)cccc2[CH]1[Zr+3].[Cl-].[Cl-].[Cl-]. The van der Waals surface area contributed by atoms with Crippen LogP contribution in [0, 0.1) is 0 Å². The quantitative estimate of drug-likeness (QED) is 0.404. The van der Waals surface area contributed by atoms with Crippen molar-refractivity contribution in [2.75, 3.05) is 0 Å². The number of halogens is 4. The first-order chi connectivity index (χ1) is 5.70. The molecule has 0 nitrogen and oxygen atoms in total. The third kappa shape index (κ3) is 3.58. The van der Waals surface area contributed by atoms with Crippen molar-refractivity contribution in [1.29, 1.82) is 0 Å². The number of hydrogen-bond acceptors (Lipinski definition) is 0. The number of fused-ring (bicyclic) bond motifs is 1. The van der Waals surface area contributed by atoms with E-state index in [0.717, 1.165) is 0 Å². The maximum absolute atomic E-state index is 3.57. The van der Waals surface area contributed by atoms with Gasteiger partial charge in [-0.25, -0.2) is 0 Å². The van der Waals surface area contributed by atoms with Crippen LogP contribution in [0.25, 0.3) is 6.08 Å². The molecule has 1 atom stereocenters. The molecule has 0 bridgehead atoms. The molecule has 15 heavy (non-hydrogen) atoms. The van der Waals surface area contributed by atoms with Crippen LogP contribution >= 0.6 is 15.9 Å². The molecule has 1 aromatic carbocycles. The molecule has 2 rings (SSSR count). The standard InChI is InChI=1S/C10H8Br.3ClH.Zr/c1-7-5-8-3-2-4-10(11)9(8)6-7;;;;/h2-6H,1H3;3*1H;/q;;;;+3/p-3. The van der Waals surface area contributed by atoms with E-state index in [9.17, 15) is 0 Å². The van der Waals surface area contributed by atoms with Gasteiger partial charge in [0.15, 0.2) is 0 Å². The van der Waals surface area contributed by atoms with E-state index in [-0.39, 0.29) is 37.2 Å². The zero-order chi connectivity index (χ0) is 8.72. The topological polar surface area (TPSA) is 0 Å². The molecule has 0 saturated heterocycles. The van der Waals surface area contributed by atoms with Crippen LogP contribution in [0.3, 0.4) is 0 Å². The van der Waals surface area contributed by atoms with Gasteiger partial charge in [0.05, 0.1) is 0 Å². The van der Waals surface area contributed by atoms with Crippen molar-refractivity contribution in [3.05, 3.63) is 39.4 Å². The van der Waals surface area contributed by atoms with Gasteiger partial charge in [-0.15, -0.1) is 0 Å². The molecule has 1 aromatic rings. The van der Waals surface area contributed by atoms with Gasteiger partial charge in [-0.3, -0.25) is 0 Å². The molecule has 0 fully saturated rings. The molecule has 0 saturated carbocycles. The van der Waals surface area contributed by atoms with Crippen molar-refractivity contribution < 1.29 is 61.9 Å². The normalized spacial score (nSPS) is 16.5. The Morgan fingerprint density at radius 2 is 1.80 bits per heavy atom. The fourth-order valence-corrected chi connectivity index (χ4v) is 2.83. The summed E-state index contributed by atoms with van der Waals surface area (Å²) in [6, 6.07) is 6.45. The van der Waals surface area contributed by atoms with Crippen molar-refractivity contribution in [3.63, 3.8) is 0 Å². The van der Waals surface area contributed by atoms with E-state index >= 15 is 0 Å². The van der Waals surface area contributed by atoms with Gasteiger partial charge >= 0.3 is 96.6 Å². The van der Waals surface area contributed by atoms with Crippen LogP contribution < -0.4 is 37.2 Å². The van der Waals surface area contributed by atoms with Crippen molar-refractivity contribution in [3.8, 4) is 0 Å². The van der Waals surface area contributed by atoms with Gasteiger partial charge in [0.2, 0.25) is 0 Å². The molecule has 1 unspecified atom stereocenters. The summed E-state index contributed by atoms with van der Waals surface area (Å²) in [7, 11) is 0. The van der Waals surface area contributed by atoms with Gasteiger partial charge in [-0.1, -0.05) is 0 Å². The summed E-state index contributed by atoms with van der Waals surface area (Å²) < 4.78 is 1.91. The Morgan fingerprint density at radius 3 is 2.33 bits per heavy atom. The van der Waals surface area contributed by atoms with Crippen molar-refractivity contribution in [1.82, 2.24) is 0 Å². The molecule has 0 radical (unpaired) electrons. The zero-order valence-electron chi connectivity index (χ0n) is 7.90. The largest absolute Gasteiger partial charge is 1.00 e. The van der Waals surface area contributed by atoms with Crippen LogP contribution in [0.5, 0.6) is 0 Å². The first kappa shape index (κ1) is 18.6. The van der Waals surface area contributed by atoms with Crippen molar-refractivity contribution in [2.24, 2.45) is 0 Å². The molecule has 5 heteroatoms. The molecule has 0 aromatic heterocycles. The van der Waals surface area contributed by atoms with Crippen LogP contribution in [0.15, 0.2) is 28.2 Å². The average molecular weight is 406 g/mol. The number of allylic oxidation sites excluding steroid dienone is 1. The second-order valence-electron chi connectivity index (χ2n) is 3.06. The molecule has 1 aliphatic carbocycles. The summed E-state index contributed by atoms with van der Waals surface area (Å²) in [5, 5.41) is 0. The summed E-state index contributed by atoms with van der Waals surface area (Å²) in [5.41, 5.74) is 4.37. The van der Waals surface area contributed by atoms with Crippen molar-refractivity contribution >= 4 is 22.0 Å². The Kier molecular flexibility index (Phi) is 9.28. The maximum atomic E-state index is 3.57. The molecular weight excluding hydrogens is 398 g/mol. The number of rotatable bonds is 0. The fraction of sp³-hybridized carbons (Fsp3) is 0.200. The second kappa shape index (κ2) is 7.51. The third-order valence-corrected chi connectivity index (χ3v) is 4.80. The summed E-state index contributed by atoms with van der Waals surface area (Å²) in [6.07, 6.45) is 2.29. The minimum Gasteiger partial charge on any atom is -1.00 e. The Morgan fingerprint density at radius 1 is 1.20 bits per heavy atom. The number of benzene rings is 1. The third-order valence-electron chi connectivity index (χ3n) is 2.22. The van der Waals surface area contributed by atoms with Crippen LogP contribution in [0.2, 0.25) is 0 Å². The smallest absolute Gasteiger partial charge is 1.00 e. The fourth-order valence-electron chi connectivity index (χ4n) is 1.51. The molecule has 0 aliphatic heterocycles. The summed E-state index contributed by atoms with van der Waals surface area (Å²) >= 11 is 5.15. The van der Waals surface area contributed by atoms with Crippen LogP contribution in [0.4, 0.5) is 0 Å². The predicted molar refractivity (Wildman–Crippen MR) is 50.5 cm³/mol. The molecule has 80 valence electrons. The molecule has 0 heterocycles. The van der Waals surface area contributed by atoms with Gasteiger partial charge in [0.1, 0.15) is 0 Å². The molecule has 1 aliphatic rings. The molecule has 0 spiro atoms. The van der Waals surface area contributed by atoms with Gasteiger partial charge < -0.3 is 37.2 Å². The summed E-state index contributed by atoms with van der Waals surface area (Å²) in [6.45, 7) is 2.21. The Labute approximate surface area is 132 Å². The molecular formula is C10H8BrCl3Zr. The van der Waals surface area contributed by atoms with E-state index in [0.29, 0.717) is 3.63 Å². The minimum absolute atomic E-state index is 0. The first-order valence-electron chi connectivity index (χ1n) is 3.88. The minimum atomic E-state index is 0. The Hall–Kier alpha value is 1.19. The molecule has 0 N–H and O–H groups in total. The van der Waals surface area contributed by atoms with Gasteiger partial charge in [0, 0.05) is 0 Å². The average Bonchev–Trinajstić information content (AvgIpc) is 2.32. The summed E-state index contributed by atoms with van der Waals surface area (Å²) in [4.78, 5) is 0. The monoisotopic (exact) mass is 402 g/mol. The van der Waals surface area contributed by atoms with E-state index < -0.39 is 0 Å². The van der Waals surface area contributed by atoms with Crippen molar-refractivity contribution in [2.45, 2.75) is 10.5 Å². The zero-order valence-corrected chi connectivity index (χ0v) is 14.2. The van der Waals surface area contributed by atoms with E-state index in [1.54, 1.807) is 24.7 Å². The maximum Gasteiger partial charge on any atom is -1.00 e. The molecule has 0 amide bonds. The van der Waals surface area contributed by atoms with E-state index in [2.05, 4.69) is 47.1 Å². The Bertz CT molecular complexity index is 366. The summed E-state index contributed by atoms with van der Waals surface area (Å²) in [5.74, 6) is 0. The van der Waals surface area contributed by atoms with Crippen LogP contribution in [-0.4, -0.2) is 0 Å². The second-order valence-corrected chi connectivity index (χ2v) is 5.34. The van der Waals surface area contributed by atoms with Crippen LogP contribution in [0.1, 0.15) is 21.7 Å². The van der Waals surface area contributed by atoms with Crippen LogP contribution in [-0.2, 0) is 24.7 Å². The Balaban J connectivity index is 0. The van der Waals surface area contributed by atoms with E-state index in [1.807, 2.05) is 0 Å². The van der Waals surface area contributed by atoms with E-state index in [1.165, 1.54) is 21.2 Å². The van der Waals surface area contributed by atoms with E-state index in [4.69, 9.17) is 0 Å². The number of hydrogen-bond donors (Lipinski definition) is 0. The van der Waals surface area contributed by atoms with Gasteiger partial charge in [-0.2, -0.15) is 0 Å². The van der Waals surface area contributed by atoms with Gasteiger partial charge in [0.25, 0.3) is 0 Å². The first-order valence-corrected chi connectivity index (χ1v) is 6.09. The predicted octanol–water partition coefficient (Wildman–Crippen LogP) is -5.53. The van der Waals surface area contributed by atoms with Gasteiger partial charge in [-0.05, 0) is 0 Å².